The number of morpholine rings is 1. The van der Waals surface area contributed by atoms with E-state index in [0.29, 0.717) is 11.8 Å². The van der Waals surface area contributed by atoms with Gasteiger partial charge in [0.15, 0.2) is 5.65 Å². The Balaban J connectivity index is 1.27. The van der Waals surface area contributed by atoms with Crippen molar-refractivity contribution in [3.63, 3.8) is 0 Å². The van der Waals surface area contributed by atoms with Gasteiger partial charge < -0.3 is 14.4 Å². The zero-order valence-electron chi connectivity index (χ0n) is 17.4. The topological polar surface area (TPSA) is 64.8 Å². The molecule has 0 unspecified atom stereocenters. The highest BCUT2D eigenvalue weighted by Gasteiger charge is 2.22. The standard InChI is InChI=1S/C24H25N5O2/c1-2-17(1)16-31-23-5-6-29-24(27-23)20(14-26-29)12-18-3-4-22-19(11-18)13-21(15-25-22)28-7-9-30-10-8-28/h3-6,11,13-15,17H,1-2,7-10,12,16H2. The van der Waals surface area contributed by atoms with Crippen LogP contribution in [0.2, 0.25) is 0 Å². The highest BCUT2D eigenvalue weighted by atomic mass is 16.5. The molecular weight excluding hydrogens is 390 g/mol. The zero-order valence-corrected chi connectivity index (χ0v) is 17.4. The second-order valence-electron chi connectivity index (χ2n) is 8.45. The van der Waals surface area contributed by atoms with Gasteiger partial charge in [-0.15, -0.1) is 0 Å². The second-order valence-corrected chi connectivity index (χ2v) is 8.45. The molecule has 0 spiro atoms. The zero-order chi connectivity index (χ0) is 20.6. The number of aromatic nitrogens is 4. The first-order valence-corrected chi connectivity index (χ1v) is 11.0. The van der Waals surface area contributed by atoms with E-state index < -0.39 is 0 Å². The number of fused-ring (bicyclic) bond motifs is 2. The van der Waals surface area contributed by atoms with Crippen molar-refractivity contribution in [2.45, 2.75) is 19.3 Å². The van der Waals surface area contributed by atoms with Crippen LogP contribution in [0.25, 0.3) is 16.6 Å². The Labute approximate surface area is 180 Å². The molecule has 0 N–H and O–H groups in total. The summed E-state index contributed by atoms with van der Waals surface area (Å²) in [5.74, 6) is 1.38. The summed E-state index contributed by atoms with van der Waals surface area (Å²) in [4.78, 5) is 11.7. The van der Waals surface area contributed by atoms with E-state index in [-0.39, 0.29) is 0 Å². The number of anilines is 1. The smallest absolute Gasteiger partial charge is 0.216 e. The number of ether oxygens (including phenoxy) is 2. The minimum absolute atomic E-state index is 0.680. The summed E-state index contributed by atoms with van der Waals surface area (Å²) in [7, 11) is 0. The molecular formula is C24H25N5O2. The third-order valence-electron chi connectivity index (χ3n) is 6.08. The van der Waals surface area contributed by atoms with Crippen molar-refractivity contribution in [1.29, 1.82) is 0 Å². The van der Waals surface area contributed by atoms with Gasteiger partial charge in [0, 0.05) is 42.7 Å². The monoisotopic (exact) mass is 415 g/mol. The Morgan fingerprint density at radius 1 is 1.06 bits per heavy atom. The van der Waals surface area contributed by atoms with Gasteiger partial charge in [-0.2, -0.15) is 10.1 Å². The minimum atomic E-state index is 0.680. The quantitative estimate of drug-likeness (QED) is 0.480. The largest absolute Gasteiger partial charge is 0.477 e. The van der Waals surface area contributed by atoms with Crippen LogP contribution in [0.5, 0.6) is 5.88 Å². The van der Waals surface area contributed by atoms with E-state index in [2.05, 4.69) is 39.2 Å². The van der Waals surface area contributed by atoms with Crippen molar-refractivity contribution in [2.75, 3.05) is 37.8 Å². The highest BCUT2D eigenvalue weighted by Crippen LogP contribution is 2.29. The van der Waals surface area contributed by atoms with E-state index >= 15 is 0 Å². The molecule has 3 aromatic heterocycles. The maximum atomic E-state index is 5.87. The number of nitrogens with zero attached hydrogens (tertiary/aromatic N) is 5. The Morgan fingerprint density at radius 2 is 1.97 bits per heavy atom. The van der Waals surface area contributed by atoms with Crippen LogP contribution in [-0.2, 0) is 11.2 Å². The summed E-state index contributed by atoms with van der Waals surface area (Å²) >= 11 is 0. The third kappa shape index (κ3) is 3.93. The predicted molar refractivity (Wildman–Crippen MR) is 119 cm³/mol. The van der Waals surface area contributed by atoms with Gasteiger partial charge in [-0.3, -0.25) is 4.98 Å². The molecule has 1 aliphatic heterocycles. The molecule has 31 heavy (non-hydrogen) atoms. The van der Waals surface area contributed by atoms with Crippen molar-refractivity contribution in [1.82, 2.24) is 19.6 Å². The lowest BCUT2D eigenvalue weighted by Gasteiger charge is -2.28. The van der Waals surface area contributed by atoms with Crippen LogP contribution in [0.4, 0.5) is 5.69 Å². The van der Waals surface area contributed by atoms with Gasteiger partial charge >= 0.3 is 0 Å². The Hall–Kier alpha value is -3.19. The van der Waals surface area contributed by atoms with Gasteiger partial charge in [0.1, 0.15) is 0 Å². The number of benzene rings is 1. The molecule has 7 nitrogen and oxygen atoms in total. The van der Waals surface area contributed by atoms with Gasteiger partial charge in [-0.25, -0.2) is 4.52 Å². The average molecular weight is 415 g/mol. The first-order valence-electron chi connectivity index (χ1n) is 11.0. The molecule has 2 aliphatic rings. The SMILES string of the molecule is c1cc2ncc(N3CCOCC3)cc2cc1Cc1cnn2ccc(OCC3CC3)nc12. The maximum Gasteiger partial charge on any atom is 0.216 e. The number of rotatable bonds is 6. The molecule has 6 rings (SSSR count). The molecule has 4 heterocycles. The van der Waals surface area contributed by atoms with Crippen LogP contribution in [0, 0.1) is 5.92 Å². The Bertz CT molecular complexity index is 1230. The van der Waals surface area contributed by atoms with E-state index in [4.69, 9.17) is 14.5 Å². The number of hydrogen-bond acceptors (Lipinski definition) is 6. The fourth-order valence-electron chi connectivity index (χ4n) is 4.09. The summed E-state index contributed by atoms with van der Waals surface area (Å²) < 4.78 is 13.2. The van der Waals surface area contributed by atoms with Crippen molar-refractivity contribution >= 4 is 22.2 Å². The number of pyridine rings is 1. The van der Waals surface area contributed by atoms with Crippen molar-refractivity contribution < 1.29 is 9.47 Å². The van der Waals surface area contributed by atoms with Gasteiger partial charge in [0.05, 0.1) is 43.4 Å². The molecule has 0 atom stereocenters. The molecule has 1 aromatic carbocycles. The summed E-state index contributed by atoms with van der Waals surface area (Å²) in [6, 6.07) is 10.6. The lowest BCUT2D eigenvalue weighted by molar-refractivity contribution is 0.122. The maximum absolute atomic E-state index is 5.87. The molecule has 7 heteroatoms. The van der Waals surface area contributed by atoms with Crippen LogP contribution < -0.4 is 9.64 Å². The number of hydrogen-bond donors (Lipinski definition) is 0. The second kappa shape index (κ2) is 7.81. The van der Waals surface area contributed by atoms with E-state index in [0.717, 1.165) is 67.1 Å². The Morgan fingerprint density at radius 3 is 2.84 bits per heavy atom. The van der Waals surface area contributed by atoms with E-state index in [1.54, 1.807) is 0 Å². The molecule has 1 saturated carbocycles. The van der Waals surface area contributed by atoms with Gasteiger partial charge in [-0.1, -0.05) is 6.07 Å². The Kier molecular flexibility index (Phi) is 4.68. The summed E-state index contributed by atoms with van der Waals surface area (Å²) in [6.07, 6.45) is 9.09. The fraction of sp³-hybridized carbons (Fsp3) is 0.375. The van der Waals surface area contributed by atoms with Crippen LogP contribution in [0.1, 0.15) is 24.0 Å². The van der Waals surface area contributed by atoms with Crippen molar-refractivity contribution in [3.05, 3.63) is 60.0 Å². The summed E-state index contributed by atoms with van der Waals surface area (Å²) in [5.41, 5.74) is 5.33. The predicted octanol–water partition coefficient (Wildman–Crippen LogP) is 3.49. The summed E-state index contributed by atoms with van der Waals surface area (Å²) in [6.45, 7) is 4.12. The van der Waals surface area contributed by atoms with E-state index in [1.165, 1.54) is 18.4 Å². The van der Waals surface area contributed by atoms with Crippen molar-refractivity contribution in [3.8, 4) is 5.88 Å². The molecule has 0 bridgehead atoms. The normalized spacial score (nSPS) is 16.8. The van der Waals surface area contributed by atoms with E-state index in [9.17, 15) is 0 Å². The first-order chi connectivity index (χ1) is 15.3. The van der Waals surface area contributed by atoms with Crippen LogP contribution in [0.3, 0.4) is 0 Å². The minimum Gasteiger partial charge on any atom is -0.477 e. The fourth-order valence-corrected chi connectivity index (χ4v) is 4.09. The van der Waals surface area contributed by atoms with Gasteiger partial charge in [0.25, 0.3) is 0 Å². The molecule has 0 amide bonds. The van der Waals surface area contributed by atoms with Crippen LogP contribution >= 0.6 is 0 Å². The average Bonchev–Trinajstić information content (AvgIpc) is 3.58. The van der Waals surface area contributed by atoms with Crippen LogP contribution in [0.15, 0.2) is 48.9 Å². The highest BCUT2D eigenvalue weighted by molar-refractivity contribution is 5.82. The lowest BCUT2D eigenvalue weighted by Crippen LogP contribution is -2.36. The summed E-state index contributed by atoms with van der Waals surface area (Å²) in [5, 5.41) is 5.62. The lowest BCUT2D eigenvalue weighted by atomic mass is 10.0. The molecule has 0 radical (unpaired) electrons. The van der Waals surface area contributed by atoms with Gasteiger partial charge in [0.2, 0.25) is 5.88 Å². The third-order valence-corrected chi connectivity index (χ3v) is 6.08. The molecule has 2 fully saturated rings. The van der Waals surface area contributed by atoms with Crippen LogP contribution in [-0.4, -0.2) is 52.5 Å². The molecule has 4 aromatic rings. The molecule has 1 aliphatic carbocycles. The van der Waals surface area contributed by atoms with Crippen molar-refractivity contribution in [2.24, 2.45) is 5.92 Å². The molecule has 158 valence electrons. The molecule has 1 saturated heterocycles. The van der Waals surface area contributed by atoms with Gasteiger partial charge in [-0.05, 0) is 42.5 Å². The van der Waals surface area contributed by atoms with E-state index in [1.807, 2.05) is 29.2 Å². The first kappa shape index (κ1) is 18.6.